The number of hydrogen-bond acceptors (Lipinski definition) is 3. The highest BCUT2D eigenvalue weighted by molar-refractivity contribution is 7.98. The first-order valence-corrected chi connectivity index (χ1v) is 7.43. The highest BCUT2D eigenvalue weighted by Crippen LogP contribution is 2.08. The number of aryl methyl sites for hydroxylation is 1. The fourth-order valence-electron chi connectivity index (χ4n) is 1.79. The summed E-state index contributed by atoms with van der Waals surface area (Å²) in [5.74, 6) is 1.22. The predicted molar refractivity (Wildman–Crippen MR) is 72.1 cm³/mol. The lowest BCUT2D eigenvalue weighted by atomic mass is 10.1. The molecule has 3 nitrogen and oxygen atoms in total. The third-order valence-corrected chi connectivity index (χ3v) is 3.30. The molecule has 1 N–H and O–H groups in total. The van der Waals surface area contributed by atoms with E-state index in [1.165, 1.54) is 17.7 Å². The minimum atomic E-state index is 0.590. The van der Waals surface area contributed by atoms with Gasteiger partial charge in [0, 0.05) is 18.8 Å². The van der Waals surface area contributed by atoms with Crippen molar-refractivity contribution in [2.75, 3.05) is 18.6 Å². The molecular formula is C12H23N3S. The molecule has 1 aromatic rings. The smallest absolute Gasteiger partial charge is 0.0522 e. The van der Waals surface area contributed by atoms with E-state index in [9.17, 15) is 0 Å². The van der Waals surface area contributed by atoms with E-state index in [-0.39, 0.29) is 0 Å². The van der Waals surface area contributed by atoms with Gasteiger partial charge in [-0.3, -0.25) is 4.68 Å². The lowest BCUT2D eigenvalue weighted by molar-refractivity contribution is 0.513. The summed E-state index contributed by atoms with van der Waals surface area (Å²) in [7, 11) is 0. The van der Waals surface area contributed by atoms with Crippen LogP contribution in [0.1, 0.15) is 25.8 Å². The molecule has 1 atom stereocenters. The Morgan fingerprint density at radius 3 is 2.88 bits per heavy atom. The monoisotopic (exact) mass is 241 g/mol. The first-order chi connectivity index (χ1) is 7.80. The average molecular weight is 241 g/mol. The van der Waals surface area contributed by atoms with Gasteiger partial charge in [-0.2, -0.15) is 16.9 Å². The van der Waals surface area contributed by atoms with Crippen molar-refractivity contribution in [2.45, 2.75) is 39.3 Å². The SMILES string of the molecule is CCNC(CCSC)Cc1cnn(CC)c1. The maximum Gasteiger partial charge on any atom is 0.0522 e. The average Bonchev–Trinajstić information content (AvgIpc) is 2.74. The van der Waals surface area contributed by atoms with E-state index in [2.05, 4.69) is 36.7 Å². The molecule has 0 radical (unpaired) electrons. The molecule has 0 aromatic carbocycles. The van der Waals surface area contributed by atoms with Gasteiger partial charge in [0.15, 0.2) is 0 Å². The zero-order valence-corrected chi connectivity index (χ0v) is 11.4. The van der Waals surface area contributed by atoms with E-state index in [0.717, 1.165) is 19.5 Å². The molecule has 0 bridgehead atoms. The van der Waals surface area contributed by atoms with Crippen LogP contribution in [0.25, 0.3) is 0 Å². The zero-order valence-electron chi connectivity index (χ0n) is 10.6. The van der Waals surface area contributed by atoms with Crippen molar-refractivity contribution in [1.82, 2.24) is 15.1 Å². The Morgan fingerprint density at radius 2 is 2.31 bits per heavy atom. The van der Waals surface area contributed by atoms with Gasteiger partial charge in [0.1, 0.15) is 0 Å². The molecule has 0 aliphatic carbocycles. The van der Waals surface area contributed by atoms with Crippen LogP contribution >= 0.6 is 11.8 Å². The number of nitrogens with one attached hydrogen (secondary N) is 1. The van der Waals surface area contributed by atoms with E-state index in [1.807, 2.05) is 22.6 Å². The first-order valence-electron chi connectivity index (χ1n) is 6.03. The van der Waals surface area contributed by atoms with Gasteiger partial charge >= 0.3 is 0 Å². The van der Waals surface area contributed by atoms with Gasteiger partial charge in [0.2, 0.25) is 0 Å². The Morgan fingerprint density at radius 1 is 1.50 bits per heavy atom. The molecule has 1 aromatic heterocycles. The van der Waals surface area contributed by atoms with Crippen molar-refractivity contribution in [2.24, 2.45) is 0 Å². The second kappa shape index (κ2) is 7.74. The molecule has 0 amide bonds. The van der Waals surface area contributed by atoms with Crippen LogP contribution in [0.2, 0.25) is 0 Å². The molecule has 1 unspecified atom stereocenters. The summed E-state index contributed by atoms with van der Waals surface area (Å²) in [6, 6.07) is 0.590. The van der Waals surface area contributed by atoms with Crippen LogP contribution < -0.4 is 5.32 Å². The van der Waals surface area contributed by atoms with Gasteiger partial charge in [-0.05, 0) is 43.9 Å². The minimum Gasteiger partial charge on any atom is -0.314 e. The first kappa shape index (κ1) is 13.6. The molecule has 4 heteroatoms. The minimum absolute atomic E-state index is 0.590. The predicted octanol–water partition coefficient (Wildman–Crippen LogP) is 2.18. The van der Waals surface area contributed by atoms with Crippen molar-refractivity contribution in [3.63, 3.8) is 0 Å². The zero-order chi connectivity index (χ0) is 11.8. The van der Waals surface area contributed by atoms with Crippen molar-refractivity contribution < 1.29 is 0 Å². The van der Waals surface area contributed by atoms with Gasteiger partial charge in [-0.25, -0.2) is 0 Å². The van der Waals surface area contributed by atoms with E-state index >= 15 is 0 Å². The molecule has 0 saturated carbocycles. The van der Waals surface area contributed by atoms with Crippen LogP contribution in [0.15, 0.2) is 12.4 Å². The summed E-state index contributed by atoms with van der Waals surface area (Å²) in [5.41, 5.74) is 1.34. The van der Waals surface area contributed by atoms with Crippen LogP contribution in [0.5, 0.6) is 0 Å². The molecule has 0 fully saturated rings. The summed E-state index contributed by atoms with van der Waals surface area (Å²) >= 11 is 1.92. The fourth-order valence-corrected chi connectivity index (χ4v) is 2.31. The fraction of sp³-hybridized carbons (Fsp3) is 0.750. The topological polar surface area (TPSA) is 29.9 Å². The molecular weight excluding hydrogens is 218 g/mol. The van der Waals surface area contributed by atoms with Crippen LogP contribution in [0, 0.1) is 0 Å². The lowest BCUT2D eigenvalue weighted by Gasteiger charge is -2.16. The standard InChI is InChI=1S/C12H23N3S/c1-4-13-12(6-7-16-3)8-11-9-14-15(5-2)10-11/h9-10,12-13H,4-8H2,1-3H3. The largest absolute Gasteiger partial charge is 0.314 e. The number of likely N-dealkylation sites (N-methyl/N-ethyl adjacent to an activating group) is 1. The van der Waals surface area contributed by atoms with E-state index in [4.69, 9.17) is 0 Å². The van der Waals surface area contributed by atoms with Crippen LogP contribution in [0.3, 0.4) is 0 Å². The van der Waals surface area contributed by atoms with Crippen molar-refractivity contribution in [1.29, 1.82) is 0 Å². The van der Waals surface area contributed by atoms with Crippen molar-refractivity contribution in [3.8, 4) is 0 Å². The van der Waals surface area contributed by atoms with Crippen LogP contribution in [0.4, 0.5) is 0 Å². The number of hydrogen-bond donors (Lipinski definition) is 1. The Balaban J connectivity index is 2.46. The van der Waals surface area contributed by atoms with Crippen molar-refractivity contribution in [3.05, 3.63) is 18.0 Å². The maximum absolute atomic E-state index is 4.31. The van der Waals surface area contributed by atoms with Gasteiger partial charge in [-0.1, -0.05) is 6.92 Å². The number of aromatic nitrogens is 2. The number of thioether (sulfide) groups is 1. The lowest BCUT2D eigenvalue weighted by Crippen LogP contribution is -2.31. The van der Waals surface area contributed by atoms with Gasteiger partial charge in [-0.15, -0.1) is 0 Å². The van der Waals surface area contributed by atoms with Gasteiger partial charge < -0.3 is 5.32 Å². The molecule has 0 aliphatic rings. The summed E-state index contributed by atoms with van der Waals surface area (Å²) in [5, 5.41) is 7.85. The second-order valence-corrected chi connectivity index (χ2v) is 4.93. The maximum atomic E-state index is 4.31. The van der Waals surface area contributed by atoms with E-state index in [0.29, 0.717) is 6.04 Å². The molecule has 0 saturated heterocycles. The van der Waals surface area contributed by atoms with E-state index in [1.54, 1.807) is 0 Å². The van der Waals surface area contributed by atoms with Crippen LogP contribution in [-0.2, 0) is 13.0 Å². The van der Waals surface area contributed by atoms with Crippen LogP contribution in [-0.4, -0.2) is 34.4 Å². The summed E-state index contributed by atoms with van der Waals surface area (Å²) in [6.45, 7) is 6.28. The molecule has 0 aliphatic heterocycles. The summed E-state index contributed by atoms with van der Waals surface area (Å²) < 4.78 is 1.99. The molecule has 1 rings (SSSR count). The third-order valence-electron chi connectivity index (χ3n) is 2.66. The number of rotatable bonds is 8. The Hall–Kier alpha value is -0.480. The Bertz CT molecular complexity index is 286. The molecule has 16 heavy (non-hydrogen) atoms. The van der Waals surface area contributed by atoms with Crippen molar-refractivity contribution >= 4 is 11.8 Å². The molecule has 92 valence electrons. The summed E-state index contributed by atoms with van der Waals surface area (Å²) in [4.78, 5) is 0. The highest BCUT2D eigenvalue weighted by Gasteiger charge is 2.09. The van der Waals surface area contributed by atoms with E-state index < -0.39 is 0 Å². The summed E-state index contributed by atoms with van der Waals surface area (Å²) in [6.07, 6.45) is 8.63. The Kier molecular flexibility index (Phi) is 6.57. The quantitative estimate of drug-likeness (QED) is 0.756. The second-order valence-electron chi connectivity index (χ2n) is 3.94. The normalized spacial score (nSPS) is 12.9. The van der Waals surface area contributed by atoms with Gasteiger partial charge in [0.25, 0.3) is 0 Å². The number of nitrogens with zero attached hydrogens (tertiary/aromatic N) is 2. The highest BCUT2D eigenvalue weighted by atomic mass is 32.2. The third kappa shape index (κ3) is 4.58. The van der Waals surface area contributed by atoms with Gasteiger partial charge in [0.05, 0.1) is 6.20 Å². The molecule has 1 heterocycles. The Labute approximate surface area is 103 Å². The molecule has 0 spiro atoms.